The maximum Gasteiger partial charge on any atom is 0.335 e. The third-order valence-corrected chi connectivity index (χ3v) is 3.28. The molecule has 5 nitrogen and oxygen atoms in total. The van der Waals surface area contributed by atoms with E-state index in [1.165, 1.54) is 11.6 Å². The highest BCUT2D eigenvalue weighted by Gasteiger charge is 2.10. The third kappa shape index (κ3) is 2.03. The second-order valence-corrected chi connectivity index (χ2v) is 4.52. The molecule has 2 aromatic heterocycles. The summed E-state index contributed by atoms with van der Waals surface area (Å²) >= 11 is 0. The molecule has 0 bridgehead atoms. The van der Waals surface area contributed by atoms with Gasteiger partial charge in [-0.1, -0.05) is 31.2 Å². The number of rotatable bonds is 3. The Hall–Kier alpha value is -2.69. The summed E-state index contributed by atoms with van der Waals surface area (Å²) in [5, 5.41) is 17.1. The number of aromatic carboxylic acids is 1. The minimum Gasteiger partial charge on any atom is -0.478 e. The van der Waals surface area contributed by atoms with Gasteiger partial charge in [0.15, 0.2) is 11.5 Å². The summed E-state index contributed by atoms with van der Waals surface area (Å²) in [5.74, 6) is -0.260. The van der Waals surface area contributed by atoms with Gasteiger partial charge in [-0.3, -0.25) is 4.40 Å². The van der Waals surface area contributed by atoms with Gasteiger partial charge in [-0.05, 0) is 24.1 Å². The Morgan fingerprint density at radius 3 is 2.60 bits per heavy atom. The Labute approximate surface area is 115 Å². The van der Waals surface area contributed by atoms with E-state index in [1.54, 1.807) is 16.7 Å². The van der Waals surface area contributed by atoms with Gasteiger partial charge in [-0.2, -0.15) is 0 Å². The normalized spacial score (nSPS) is 10.8. The van der Waals surface area contributed by atoms with Crippen LogP contribution in [0.2, 0.25) is 0 Å². The molecule has 0 aliphatic rings. The first-order valence-electron chi connectivity index (χ1n) is 6.36. The monoisotopic (exact) mass is 267 g/mol. The van der Waals surface area contributed by atoms with Crippen molar-refractivity contribution in [2.24, 2.45) is 0 Å². The average molecular weight is 267 g/mol. The van der Waals surface area contributed by atoms with Crippen molar-refractivity contribution >= 4 is 11.6 Å². The molecule has 20 heavy (non-hydrogen) atoms. The minimum atomic E-state index is -0.968. The Morgan fingerprint density at radius 2 is 1.95 bits per heavy atom. The van der Waals surface area contributed by atoms with Crippen LogP contribution in [0.5, 0.6) is 0 Å². The molecule has 0 radical (unpaired) electrons. The molecular weight excluding hydrogens is 254 g/mol. The van der Waals surface area contributed by atoms with E-state index in [0.29, 0.717) is 11.5 Å². The van der Waals surface area contributed by atoms with E-state index in [9.17, 15) is 4.79 Å². The number of carboxylic acids is 1. The van der Waals surface area contributed by atoms with Crippen LogP contribution in [0.15, 0.2) is 42.6 Å². The van der Waals surface area contributed by atoms with E-state index in [4.69, 9.17) is 5.11 Å². The molecule has 2 heterocycles. The molecule has 3 aromatic rings. The second kappa shape index (κ2) is 4.77. The summed E-state index contributed by atoms with van der Waals surface area (Å²) < 4.78 is 1.79. The predicted molar refractivity (Wildman–Crippen MR) is 74.8 cm³/mol. The van der Waals surface area contributed by atoms with E-state index in [-0.39, 0.29) is 5.56 Å². The first kappa shape index (κ1) is 12.3. The Morgan fingerprint density at radius 1 is 1.20 bits per heavy atom. The third-order valence-electron chi connectivity index (χ3n) is 3.28. The van der Waals surface area contributed by atoms with Crippen LogP contribution in [0.4, 0.5) is 0 Å². The molecule has 0 unspecified atom stereocenters. The SMILES string of the molecule is CCc1ccc(-c2nnc3cc(C(=O)O)ccn23)cc1. The van der Waals surface area contributed by atoms with Gasteiger partial charge < -0.3 is 5.11 Å². The van der Waals surface area contributed by atoms with Crippen molar-refractivity contribution in [1.29, 1.82) is 0 Å². The van der Waals surface area contributed by atoms with Crippen LogP contribution in [0.3, 0.4) is 0 Å². The van der Waals surface area contributed by atoms with Crippen molar-refractivity contribution in [3.63, 3.8) is 0 Å². The first-order valence-corrected chi connectivity index (χ1v) is 6.36. The van der Waals surface area contributed by atoms with Gasteiger partial charge in [-0.15, -0.1) is 10.2 Å². The number of fused-ring (bicyclic) bond motifs is 1. The van der Waals surface area contributed by atoms with E-state index in [1.807, 2.05) is 12.1 Å². The predicted octanol–water partition coefficient (Wildman–Crippen LogP) is 2.66. The number of hydrogen-bond acceptors (Lipinski definition) is 3. The zero-order chi connectivity index (χ0) is 14.1. The molecule has 0 amide bonds. The fourth-order valence-corrected chi connectivity index (χ4v) is 2.11. The molecule has 0 aliphatic heterocycles. The summed E-state index contributed by atoms with van der Waals surface area (Å²) in [6, 6.07) is 11.2. The maximum absolute atomic E-state index is 10.9. The number of benzene rings is 1. The lowest BCUT2D eigenvalue weighted by molar-refractivity contribution is 0.0697. The van der Waals surface area contributed by atoms with Gasteiger partial charge in [0.05, 0.1) is 5.56 Å². The van der Waals surface area contributed by atoms with E-state index >= 15 is 0 Å². The van der Waals surface area contributed by atoms with Gasteiger partial charge in [0.25, 0.3) is 0 Å². The molecule has 1 aromatic carbocycles. The van der Waals surface area contributed by atoms with E-state index < -0.39 is 5.97 Å². The molecule has 1 N–H and O–H groups in total. The van der Waals surface area contributed by atoms with Crippen molar-refractivity contribution in [3.8, 4) is 11.4 Å². The van der Waals surface area contributed by atoms with Crippen molar-refractivity contribution in [1.82, 2.24) is 14.6 Å². The van der Waals surface area contributed by atoms with Gasteiger partial charge in [0.1, 0.15) is 0 Å². The number of aryl methyl sites for hydroxylation is 1. The van der Waals surface area contributed by atoms with Crippen LogP contribution in [-0.2, 0) is 6.42 Å². The van der Waals surface area contributed by atoms with Crippen LogP contribution >= 0.6 is 0 Å². The summed E-state index contributed by atoms with van der Waals surface area (Å²) in [6.07, 6.45) is 2.67. The van der Waals surface area contributed by atoms with Gasteiger partial charge in [0, 0.05) is 11.8 Å². The summed E-state index contributed by atoms with van der Waals surface area (Å²) in [6.45, 7) is 2.11. The topological polar surface area (TPSA) is 67.5 Å². The largest absolute Gasteiger partial charge is 0.478 e. The van der Waals surface area contributed by atoms with Crippen molar-refractivity contribution in [2.45, 2.75) is 13.3 Å². The zero-order valence-electron chi connectivity index (χ0n) is 10.9. The molecule has 5 heteroatoms. The number of carboxylic acid groups (broad SMARTS) is 1. The Balaban J connectivity index is 2.09. The molecule has 0 saturated heterocycles. The standard InChI is InChI=1S/C15H13N3O2/c1-2-10-3-5-11(6-4-10)14-17-16-13-9-12(15(19)20)7-8-18(13)14/h3-9H,2H2,1H3,(H,19,20). The van der Waals surface area contributed by atoms with Crippen LogP contribution in [0.1, 0.15) is 22.8 Å². The molecule has 100 valence electrons. The minimum absolute atomic E-state index is 0.206. The summed E-state index contributed by atoms with van der Waals surface area (Å²) in [4.78, 5) is 10.9. The van der Waals surface area contributed by atoms with Gasteiger partial charge >= 0.3 is 5.97 Å². The van der Waals surface area contributed by atoms with Crippen molar-refractivity contribution < 1.29 is 9.90 Å². The fraction of sp³-hybridized carbons (Fsp3) is 0.133. The Kier molecular flexibility index (Phi) is 2.95. The second-order valence-electron chi connectivity index (χ2n) is 4.52. The van der Waals surface area contributed by atoms with Crippen LogP contribution in [0, 0.1) is 0 Å². The van der Waals surface area contributed by atoms with Crippen LogP contribution < -0.4 is 0 Å². The number of carbonyl (C=O) groups is 1. The summed E-state index contributed by atoms with van der Waals surface area (Å²) in [5.41, 5.74) is 2.95. The molecular formula is C15H13N3O2. The quantitative estimate of drug-likeness (QED) is 0.792. The molecule has 3 rings (SSSR count). The molecule has 0 atom stereocenters. The zero-order valence-corrected chi connectivity index (χ0v) is 10.9. The number of hydrogen-bond donors (Lipinski definition) is 1. The lowest BCUT2D eigenvalue weighted by Gasteiger charge is -2.02. The van der Waals surface area contributed by atoms with Crippen molar-refractivity contribution in [2.75, 3.05) is 0 Å². The van der Waals surface area contributed by atoms with E-state index in [2.05, 4.69) is 29.3 Å². The molecule has 0 fully saturated rings. The summed E-state index contributed by atoms with van der Waals surface area (Å²) in [7, 11) is 0. The van der Waals surface area contributed by atoms with Crippen LogP contribution in [-0.4, -0.2) is 25.7 Å². The van der Waals surface area contributed by atoms with Gasteiger partial charge in [-0.25, -0.2) is 4.79 Å². The smallest absolute Gasteiger partial charge is 0.335 e. The molecule has 0 spiro atoms. The number of aromatic nitrogens is 3. The number of pyridine rings is 1. The first-order chi connectivity index (χ1) is 9.69. The lowest BCUT2D eigenvalue weighted by atomic mass is 10.1. The highest BCUT2D eigenvalue weighted by molar-refractivity contribution is 5.88. The number of nitrogens with zero attached hydrogens (tertiary/aromatic N) is 3. The molecule has 0 aliphatic carbocycles. The van der Waals surface area contributed by atoms with E-state index in [0.717, 1.165) is 12.0 Å². The average Bonchev–Trinajstić information content (AvgIpc) is 2.90. The molecule has 0 saturated carbocycles. The van der Waals surface area contributed by atoms with Crippen molar-refractivity contribution in [3.05, 3.63) is 53.7 Å². The highest BCUT2D eigenvalue weighted by Crippen LogP contribution is 2.19. The highest BCUT2D eigenvalue weighted by atomic mass is 16.4. The van der Waals surface area contributed by atoms with Gasteiger partial charge in [0.2, 0.25) is 0 Å². The Bertz CT molecular complexity index is 775. The lowest BCUT2D eigenvalue weighted by Crippen LogP contribution is -1.98. The fourth-order valence-electron chi connectivity index (χ4n) is 2.11. The maximum atomic E-state index is 10.9. The van der Waals surface area contributed by atoms with Crippen LogP contribution in [0.25, 0.3) is 17.0 Å².